The average Bonchev–Trinajstić information content (AvgIpc) is 2.79. The summed E-state index contributed by atoms with van der Waals surface area (Å²) in [5.74, 6) is -0.119. The van der Waals surface area contributed by atoms with Crippen molar-refractivity contribution in [2.75, 3.05) is 24.0 Å². The van der Waals surface area contributed by atoms with E-state index in [0.717, 1.165) is 6.26 Å². The van der Waals surface area contributed by atoms with Crippen LogP contribution in [0.3, 0.4) is 0 Å². The summed E-state index contributed by atoms with van der Waals surface area (Å²) in [5.41, 5.74) is 5.23. The van der Waals surface area contributed by atoms with Crippen LogP contribution in [0, 0.1) is 0 Å². The van der Waals surface area contributed by atoms with Gasteiger partial charge in [-0.2, -0.15) is 0 Å². The van der Waals surface area contributed by atoms with Crippen molar-refractivity contribution in [3.63, 3.8) is 0 Å². The summed E-state index contributed by atoms with van der Waals surface area (Å²) in [6, 6.07) is 12.5. The third-order valence-corrected chi connectivity index (χ3v) is 5.44. The van der Waals surface area contributed by atoms with Crippen molar-refractivity contribution in [2.24, 2.45) is 5.73 Å². The van der Waals surface area contributed by atoms with Crippen LogP contribution >= 0.6 is 0 Å². The van der Waals surface area contributed by atoms with Gasteiger partial charge in [-0.1, -0.05) is 0 Å². The number of ether oxygens (including phenoxy) is 3. The molecule has 0 saturated carbocycles. The predicted octanol–water partition coefficient (Wildman–Crippen LogP) is 3.17. The van der Waals surface area contributed by atoms with Gasteiger partial charge >= 0.3 is 18.1 Å². The third kappa shape index (κ3) is 6.91. The number of benzene rings is 2. The SMILES string of the molecule is COc1ccc(S(C)(=O)=O)cc1NC(=O)Nc1ccc(Oc2ccnc(C(=O)OC(N)=O)c2)cc1. The Morgan fingerprint density at radius 1 is 0.943 bits per heavy atom. The highest BCUT2D eigenvalue weighted by atomic mass is 32.2. The summed E-state index contributed by atoms with van der Waals surface area (Å²) in [6.45, 7) is 0. The highest BCUT2D eigenvalue weighted by Crippen LogP contribution is 2.28. The lowest BCUT2D eigenvalue weighted by Gasteiger charge is -2.13. The number of nitrogens with zero attached hydrogens (tertiary/aromatic N) is 1. The first-order valence-electron chi connectivity index (χ1n) is 9.77. The van der Waals surface area contributed by atoms with E-state index in [-0.39, 0.29) is 27.8 Å². The highest BCUT2D eigenvalue weighted by molar-refractivity contribution is 7.90. The smallest absolute Gasteiger partial charge is 0.412 e. The standard InChI is InChI=1S/C22H20N4O8S/c1-32-19-8-7-16(35(2,30)31)12-17(19)26-22(29)25-13-3-5-14(6-4-13)33-15-9-10-24-18(11-15)20(27)34-21(23)28/h3-12H,1-2H3,(H2,23,28)(H2,25,26,29). The van der Waals surface area contributed by atoms with E-state index in [1.807, 2.05) is 0 Å². The van der Waals surface area contributed by atoms with Crippen LogP contribution in [0.2, 0.25) is 0 Å². The molecule has 0 unspecified atom stereocenters. The van der Waals surface area contributed by atoms with Gasteiger partial charge in [-0.05, 0) is 48.5 Å². The second kappa shape index (κ2) is 10.5. The van der Waals surface area contributed by atoms with Crippen LogP contribution in [-0.2, 0) is 14.6 Å². The van der Waals surface area contributed by atoms with Gasteiger partial charge in [0.05, 0.1) is 17.7 Å². The number of carbonyl (C=O) groups excluding carboxylic acids is 3. The molecule has 12 nitrogen and oxygen atoms in total. The summed E-state index contributed by atoms with van der Waals surface area (Å²) in [5, 5.41) is 5.16. The maximum absolute atomic E-state index is 12.4. The first-order chi connectivity index (χ1) is 16.5. The number of aromatic nitrogens is 1. The summed E-state index contributed by atoms with van der Waals surface area (Å²) in [7, 11) is -2.09. The van der Waals surface area contributed by atoms with E-state index >= 15 is 0 Å². The molecule has 3 rings (SSSR count). The van der Waals surface area contributed by atoms with Gasteiger partial charge in [0, 0.05) is 24.2 Å². The van der Waals surface area contributed by atoms with Crippen LogP contribution in [0.4, 0.5) is 21.0 Å². The molecule has 1 aromatic heterocycles. The molecule has 0 radical (unpaired) electrons. The molecule has 3 aromatic rings. The van der Waals surface area contributed by atoms with Crippen molar-refractivity contribution in [1.29, 1.82) is 0 Å². The topological polar surface area (TPSA) is 176 Å². The zero-order valence-corrected chi connectivity index (χ0v) is 19.3. The number of nitrogens with two attached hydrogens (primary N) is 1. The number of primary amides is 1. The molecule has 0 bridgehead atoms. The second-order valence-corrected chi connectivity index (χ2v) is 8.94. The lowest BCUT2D eigenvalue weighted by atomic mass is 10.3. The van der Waals surface area contributed by atoms with Crippen molar-refractivity contribution in [3.05, 3.63) is 66.5 Å². The Morgan fingerprint density at radius 3 is 2.29 bits per heavy atom. The monoisotopic (exact) mass is 500 g/mol. The molecule has 0 aliphatic carbocycles. The Bertz CT molecular complexity index is 1370. The van der Waals surface area contributed by atoms with E-state index in [9.17, 15) is 22.8 Å². The zero-order valence-electron chi connectivity index (χ0n) is 18.5. The number of hydrogen-bond acceptors (Lipinski definition) is 9. The van der Waals surface area contributed by atoms with Gasteiger partial charge < -0.3 is 30.6 Å². The number of rotatable bonds is 7. The van der Waals surface area contributed by atoms with E-state index in [4.69, 9.17) is 15.2 Å². The van der Waals surface area contributed by atoms with Crippen LogP contribution in [0.1, 0.15) is 10.5 Å². The maximum atomic E-state index is 12.4. The molecule has 35 heavy (non-hydrogen) atoms. The van der Waals surface area contributed by atoms with E-state index in [1.54, 1.807) is 24.3 Å². The number of amides is 3. The number of sulfone groups is 1. The van der Waals surface area contributed by atoms with Crippen LogP contribution in [-0.4, -0.2) is 44.9 Å². The number of urea groups is 1. The molecular weight excluding hydrogens is 480 g/mol. The van der Waals surface area contributed by atoms with Gasteiger partial charge in [0.15, 0.2) is 15.5 Å². The van der Waals surface area contributed by atoms with Crippen molar-refractivity contribution in [2.45, 2.75) is 4.90 Å². The quantitative estimate of drug-likeness (QED) is 0.325. The van der Waals surface area contributed by atoms with Crippen molar-refractivity contribution in [3.8, 4) is 17.2 Å². The van der Waals surface area contributed by atoms with E-state index in [1.165, 1.54) is 43.6 Å². The molecule has 2 aromatic carbocycles. The van der Waals surface area contributed by atoms with Gasteiger partial charge in [-0.25, -0.2) is 27.8 Å². The molecule has 0 saturated heterocycles. The van der Waals surface area contributed by atoms with Gasteiger partial charge in [-0.15, -0.1) is 0 Å². The van der Waals surface area contributed by atoms with Gasteiger partial charge in [0.2, 0.25) is 0 Å². The number of anilines is 2. The minimum absolute atomic E-state index is 0.0252. The third-order valence-electron chi connectivity index (χ3n) is 4.33. The predicted molar refractivity (Wildman–Crippen MR) is 124 cm³/mol. The van der Waals surface area contributed by atoms with Crippen LogP contribution < -0.4 is 25.8 Å². The molecule has 1 heterocycles. The molecule has 4 N–H and O–H groups in total. The summed E-state index contributed by atoms with van der Waals surface area (Å²) >= 11 is 0. The lowest BCUT2D eigenvalue weighted by Crippen LogP contribution is -2.20. The van der Waals surface area contributed by atoms with Crippen molar-refractivity contribution < 1.29 is 37.0 Å². The Hall–Kier alpha value is -4.65. The van der Waals surface area contributed by atoms with Crippen LogP contribution in [0.15, 0.2) is 65.7 Å². The Balaban J connectivity index is 1.66. The van der Waals surface area contributed by atoms with Crippen LogP contribution in [0.25, 0.3) is 0 Å². The molecular formula is C22H20N4O8S. The number of nitrogens with one attached hydrogen (secondary N) is 2. The van der Waals surface area contributed by atoms with Gasteiger partial charge in [0.1, 0.15) is 17.2 Å². The maximum Gasteiger partial charge on any atom is 0.412 e. The summed E-state index contributed by atoms with van der Waals surface area (Å²) in [6.07, 6.45) is 1.10. The van der Waals surface area contributed by atoms with Gasteiger partial charge in [0.25, 0.3) is 0 Å². The Morgan fingerprint density at radius 2 is 1.66 bits per heavy atom. The lowest BCUT2D eigenvalue weighted by molar-refractivity contribution is 0.0631. The van der Waals surface area contributed by atoms with E-state index in [2.05, 4.69) is 20.4 Å². The molecule has 13 heteroatoms. The number of methoxy groups -OCH3 is 1. The van der Waals surface area contributed by atoms with Crippen molar-refractivity contribution in [1.82, 2.24) is 4.98 Å². The Kier molecular flexibility index (Phi) is 7.51. The fraction of sp³-hybridized carbons (Fsp3) is 0.0909. The van der Waals surface area contributed by atoms with E-state index < -0.39 is 27.9 Å². The largest absolute Gasteiger partial charge is 0.495 e. The average molecular weight is 500 g/mol. The second-order valence-electron chi connectivity index (χ2n) is 6.93. The summed E-state index contributed by atoms with van der Waals surface area (Å²) in [4.78, 5) is 38.7. The number of pyridine rings is 1. The molecule has 182 valence electrons. The number of esters is 1. The number of hydrogen-bond donors (Lipinski definition) is 3. The molecule has 0 spiro atoms. The minimum Gasteiger partial charge on any atom is -0.495 e. The van der Waals surface area contributed by atoms with Gasteiger partial charge in [-0.3, -0.25) is 0 Å². The minimum atomic E-state index is -3.48. The molecule has 3 amide bonds. The molecule has 0 atom stereocenters. The summed E-state index contributed by atoms with van der Waals surface area (Å²) < 4.78 is 38.7. The van der Waals surface area contributed by atoms with Crippen molar-refractivity contribution >= 4 is 39.3 Å². The molecule has 0 aliphatic heterocycles. The van der Waals surface area contributed by atoms with Crippen LogP contribution in [0.5, 0.6) is 17.2 Å². The Labute approximate surface area is 199 Å². The first-order valence-corrected chi connectivity index (χ1v) is 11.7. The zero-order chi connectivity index (χ0) is 25.6. The van der Waals surface area contributed by atoms with E-state index in [0.29, 0.717) is 11.4 Å². The normalized spacial score (nSPS) is 10.7. The molecule has 0 fully saturated rings. The number of carbonyl (C=O) groups is 3. The fourth-order valence-electron chi connectivity index (χ4n) is 2.77. The fourth-order valence-corrected chi connectivity index (χ4v) is 3.42. The highest BCUT2D eigenvalue weighted by Gasteiger charge is 2.15. The first kappa shape index (κ1) is 25.0. The molecule has 0 aliphatic rings.